The van der Waals surface area contributed by atoms with E-state index in [1.807, 2.05) is 0 Å². The van der Waals surface area contributed by atoms with Crippen LogP contribution in [0.15, 0.2) is 17.0 Å². The van der Waals surface area contributed by atoms with Crippen LogP contribution in [0.2, 0.25) is 10.0 Å². The number of nitrogens with zero attached hydrogens (tertiary/aromatic N) is 2. The third kappa shape index (κ3) is 2.64. The van der Waals surface area contributed by atoms with E-state index in [4.69, 9.17) is 28.9 Å². The number of halogens is 2. The molecule has 0 bridgehead atoms. The second-order valence-corrected chi connectivity index (χ2v) is 8.16. The molecule has 2 N–H and O–H groups in total. The maximum absolute atomic E-state index is 12.8. The molecule has 8 heteroatoms. The van der Waals surface area contributed by atoms with Crippen molar-refractivity contribution in [1.29, 1.82) is 0 Å². The monoisotopic (exact) mass is 349 g/mol. The first-order valence-electron chi connectivity index (χ1n) is 6.89. The predicted octanol–water partition coefficient (Wildman–Crippen LogP) is 2.04. The van der Waals surface area contributed by atoms with Crippen LogP contribution >= 0.6 is 23.2 Å². The molecule has 2 fully saturated rings. The second kappa shape index (κ2) is 5.59. The third-order valence-corrected chi connectivity index (χ3v) is 7.02. The van der Waals surface area contributed by atoms with Crippen molar-refractivity contribution in [2.45, 2.75) is 23.8 Å². The number of nitrogens with two attached hydrogens (primary N) is 1. The molecule has 0 aromatic heterocycles. The molecule has 1 aromatic rings. The van der Waals surface area contributed by atoms with Crippen LogP contribution in [0.3, 0.4) is 0 Å². The SMILES string of the molecule is Nc1c(Cl)ccc(S(=O)(=O)N2CCN3CCCC3C2)c1Cl. The van der Waals surface area contributed by atoms with Crippen LogP contribution < -0.4 is 5.73 Å². The molecule has 1 aromatic carbocycles. The number of rotatable bonds is 2. The zero-order valence-corrected chi connectivity index (χ0v) is 13.8. The van der Waals surface area contributed by atoms with E-state index in [9.17, 15) is 8.42 Å². The van der Waals surface area contributed by atoms with Crippen molar-refractivity contribution < 1.29 is 8.42 Å². The van der Waals surface area contributed by atoms with Gasteiger partial charge in [-0.25, -0.2) is 8.42 Å². The van der Waals surface area contributed by atoms with Crippen molar-refractivity contribution in [3.05, 3.63) is 22.2 Å². The van der Waals surface area contributed by atoms with Gasteiger partial charge in [-0.05, 0) is 31.5 Å². The van der Waals surface area contributed by atoms with E-state index in [1.54, 1.807) is 0 Å². The molecule has 116 valence electrons. The van der Waals surface area contributed by atoms with Gasteiger partial charge in [0.25, 0.3) is 0 Å². The van der Waals surface area contributed by atoms with Crippen molar-refractivity contribution in [2.24, 2.45) is 0 Å². The van der Waals surface area contributed by atoms with Crippen LogP contribution in [0.25, 0.3) is 0 Å². The standard InChI is InChI=1S/C13H17Cl2N3O2S/c14-10-3-4-11(12(15)13(10)16)21(19,20)18-7-6-17-5-1-2-9(17)8-18/h3-4,9H,1-2,5-8,16H2. The van der Waals surface area contributed by atoms with Crippen molar-refractivity contribution in [1.82, 2.24) is 9.21 Å². The molecule has 0 spiro atoms. The minimum Gasteiger partial charge on any atom is -0.396 e. The van der Waals surface area contributed by atoms with Gasteiger partial charge in [-0.15, -0.1) is 0 Å². The topological polar surface area (TPSA) is 66.6 Å². The lowest BCUT2D eigenvalue weighted by Gasteiger charge is -2.36. The Hall–Kier alpha value is -0.530. The van der Waals surface area contributed by atoms with Gasteiger partial charge in [0.2, 0.25) is 10.0 Å². The summed E-state index contributed by atoms with van der Waals surface area (Å²) in [6.07, 6.45) is 2.18. The highest BCUT2D eigenvalue weighted by Crippen LogP contribution is 2.35. The molecule has 2 aliphatic rings. The van der Waals surface area contributed by atoms with E-state index < -0.39 is 10.0 Å². The van der Waals surface area contributed by atoms with Crippen molar-refractivity contribution in [3.8, 4) is 0 Å². The number of anilines is 1. The summed E-state index contributed by atoms with van der Waals surface area (Å²) in [6, 6.07) is 3.22. The van der Waals surface area contributed by atoms with Gasteiger partial charge in [-0.2, -0.15) is 4.31 Å². The molecule has 1 atom stereocenters. The van der Waals surface area contributed by atoms with Gasteiger partial charge < -0.3 is 5.73 Å². The van der Waals surface area contributed by atoms with Gasteiger partial charge in [0.05, 0.1) is 15.7 Å². The summed E-state index contributed by atoms with van der Waals surface area (Å²) in [6.45, 7) is 2.83. The molecule has 1 unspecified atom stereocenters. The normalized spacial score (nSPS) is 24.2. The van der Waals surface area contributed by atoms with Gasteiger partial charge in [-0.1, -0.05) is 23.2 Å². The molecule has 0 aliphatic carbocycles. The molecule has 2 saturated heterocycles. The largest absolute Gasteiger partial charge is 0.396 e. The van der Waals surface area contributed by atoms with Crippen LogP contribution in [0, 0.1) is 0 Å². The predicted molar refractivity (Wildman–Crippen MR) is 84.2 cm³/mol. The molecule has 0 radical (unpaired) electrons. The number of nitrogen functional groups attached to an aromatic ring is 1. The highest BCUT2D eigenvalue weighted by molar-refractivity contribution is 7.89. The Bertz CT molecular complexity index is 666. The average molecular weight is 350 g/mol. The highest BCUT2D eigenvalue weighted by atomic mass is 35.5. The summed E-state index contributed by atoms with van der Waals surface area (Å²) >= 11 is 12.0. The van der Waals surface area contributed by atoms with Gasteiger partial charge in [0, 0.05) is 25.7 Å². The molecule has 2 aliphatic heterocycles. The fourth-order valence-corrected chi connectivity index (χ4v) is 5.28. The van der Waals surface area contributed by atoms with E-state index in [0.29, 0.717) is 19.1 Å². The Morgan fingerprint density at radius 1 is 1.19 bits per heavy atom. The van der Waals surface area contributed by atoms with Gasteiger partial charge in [0.15, 0.2) is 0 Å². The van der Waals surface area contributed by atoms with E-state index >= 15 is 0 Å². The Morgan fingerprint density at radius 2 is 1.95 bits per heavy atom. The van der Waals surface area contributed by atoms with E-state index in [0.717, 1.165) is 25.9 Å². The molecular weight excluding hydrogens is 333 g/mol. The molecule has 5 nitrogen and oxygen atoms in total. The third-order valence-electron chi connectivity index (χ3n) is 4.26. The minimum absolute atomic E-state index is 0.0105. The lowest BCUT2D eigenvalue weighted by Crippen LogP contribution is -2.51. The number of sulfonamides is 1. The number of fused-ring (bicyclic) bond motifs is 1. The second-order valence-electron chi connectivity index (χ2n) is 5.47. The quantitative estimate of drug-likeness (QED) is 0.829. The Balaban J connectivity index is 1.92. The van der Waals surface area contributed by atoms with E-state index in [2.05, 4.69) is 4.90 Å². The summed E-state index contributed by atoms with van der Waals surface area (Å²) in [5.41, 5.74) is 5.85. The fourth-order valence-electron chi connectivity index (χ4n) is 3.07. The van der Waals surface area contributed by atoms with Gasteiger partial charge >= 0.3 is 0 Å². The highest BCUT2D eigenvalue weighted by Gasteiger charge is 2.37. The van der Waals surface area contributed by atoms with Gasteiger partial charge in [0.1, 0.15) is 4.90 Å². The molecule has 2 heterocycles. The van der Waals surface area contributed by atoms with E-state index in [1.165, 1.54) is 16.4 Å². The average Bonchev–Trinajstić information content (AvgIpc) is 2.92. The fraction of sp³-hybridized carbons (Fsp3) is 0.538. The number of hydrogen-bond acceptors (Lipinski definition) is 4. The van der Waals surface area contributed by atoms with Crippen molar-refractivity contribution in [3.63, 3.8) is 0 Å². The lowest BCUT2D eigenvalue weighted by molar-refractivity contribution is 0.158. The minimum atomic E-state index is -3.63. The van der Waals surface area contributed by atoms with Crippen LogP contribution in [0.4, 0.5) is 5.69 Å². The molecular formula is C13H17Cl2N3O2S. The Morgan fingerprint density at radius 3 is 2.71 bits per heavy atom. The van der Waals surface area contributed by atoms with E-state index in [-0.39, 0.29) is 20.6 Å². The lowest BCUT2D eigenvalue weighted by atomic mass is 10.2. The summed E-state index contributed by atoms with van der Waals surface area (Å²) < 4.78 is 27.1. The summed E-state index contributed by atoms with van der Waals surface area (Å²) in [7, 11) is -3.63. The molecule has 0 amide bonds. The first-order valence-corrected chi connectivity index (χ1v) is 9.08. The zero-order valence-electron chi connectivity index (χ0n) is 11.4. The Kier molecular flexibility index (Phi) is 4.09. The van der Waals surface area contributed by atoms with Crippen LogP contribution in [0.5, 0.6) is 0 Å². The first kappa shape index (κ1) is 15.4. The zero-order chi connectivity index (χ0) is 15.2. The molecule has 0 saturated carbocycles. The molecule has 3 rings (SSSR count). The van der Waals surface area contributed by atoms with Gasteiger partial charge in [-0.3, -0.25) is 4.90 Å². The van der Waals surface area contributed by atoms with Crippen LogP contribution in [0.1, 0.15) is 12.8 Å². The summed E-state index contributed by atoms with van der Waals surface area (Å²) in [5.74, 6) is 0. The first-order chi connectivity index (χ1) is 9.91. The van der Waals surface area contributed by atoms with Crippen LogP contribution in [-0.2, 0) is 10.0 Å². The number of hydrogen-bond donors (Lipinski definition) is 1. The number of piperazine rings is 1. The van der Waals surface area contributed by atoms with Crippen molar-refractivity contribution in [2.75, 3.05) is 31.9 Å². The van der Waals surface area contributed by atoms with Crippen molar-refractivity contribution >= 4 is 38.9 Å². The summed E-state index contributed by atoms with van der Waals surface area (Å²) in [4.78, 5) is 2.39. The number of benzene rings is 1. The van der Waals surface area contributed by atoms with Crippen LogP contribution in [-0.4, -0.2) is 49.8 Å². The maximum atomic E-state index is 12.8. The Labute approximate surface area is 134 Å². The summed E-state index contributed by atoms with van der Waals surface area (Å²) in [5, 5.41) is 0.274. The smallest absolute Gasteiger partial charge is 0.244 e. The molecule has 21 heavy (non-hydrogen) atoms. The maximum Gasteiger partial charge on any atom is 0.244 e.